The van der Waals surface area contributed by atoms with Crippen molar-refractivity contribution in [1.29, 1.82) is 0 Å². The van der Waals surface area contributed by atoms with Crippen molar-refractivity contribution in [2.75, 3.05) is 0 Å². The van der Waals surface area contributed by atoms with Gasteiger partial charge in [-0.2, -0.15) is 23.7 Å². The molecule has 0 bridgehead atoms. The summed E-state index contributed by atoms with van der Waals surface area (Å²) in [6.45, 7) is 1.93. The fraction of sp³-hybridized carbons (Fsp3) is 0.364. The van der Waals surface area contributed by atoms with E-state index in [1.165, 1.54) is 10.9 Å². The summed E-state index contributed by atoms with van der Waals surface area (Å²) in [6.07, 6.45) is 2.15. The molecule has 2 rings (SSSR count). The Hall–Kier alpha value is -1.48. The van der Waals surface area contributed by atoms with Gasteiger partial charge in [-0.15, -0.1) is 0 Å². The summed E-state index contributed by atoms with van der Waals surface area (Å²) in [5.41, 5.74) is 0. The highest BCUT2D eigenvalue weighted by atomic mass is 32.2. The largest absolute Gasteiger partial charge is 0.459 e. The normalized spacial score (nSPS) is 11.8. The molecule has 108 valence electrons. The van der Waals surface area contributed by atoms with Gasteiger partial charge in [0.05, 0.1) is 12.0 Å². The van der Waals surface area contributed by atoms with Crippen molar-refractivity contribution in [1.82, 2.24) is 14.9 Å². The number of H-pyrrole nitrogens is 1. The van der Waals surface area contributed by atoms with Crippen LogP contribution in [0.1, 0.15) is 24.3 Å². The lowest BCUT2D eigenvalue weighted by atomic mass is 10.4. The number of aromatic nitrogens is 3. The van der Waals surface area contributed by atoms with Crippen LogP contribution in [0.3, 0.4) is 0 Å². The SMILES string of the molecule is CCc1n[nH]c(=S)n1/N=C\c1ccc(CSC(F)F)o1. The lowest BCUT2D eigenvalue weighted by Gasteiger charge is -1.96. The van der Waals surface area contributed by atoms with E-state index < -0.39 is 5.76 Å². The van der Waals surface area contributed by atoms with Gasteiger partial charge in [-0.25, -0.2) is 0 Å². The molecule has 0 amide bonds. The van der Waals surface area contributed by atoms with Gasteiger partial charge in [0.25, 0.3) is 5.76 Å². The van der Waals surface area contributed by atoms with Crippen molar-refractivity contribution < 1.29 is 13.2 Å². The van der Waals surface area contributed by atoms with E-state index >= 15 is 0 Å². The predicted octanol–water partition coefficient (Wildman–Crippen LogP) is 3.43. The van der Waals surface area contributed by atoms with Gasteiger partial charge >= 0.3 is 0 Å². The minimum absolute atomic E-state index is 0.122. The van der Waals surface area contributed by atoms with Gasteiger partial charge in [0.2, 0.25) is 4.77 Å². The van der Waals surface area contributed by atoms with Gasteiger partial charge in [-0.3, -0.25) is 5.10 Å². The minimum Gasteiger partial charge on any atom is -0.459 e. The predicted molar refractivity (Wildman–Crippen MR) is 75.8 cm³/mol. The summed E-state index contributed by atoms with van der Waals surface area (Å²) >= 11 is 5.56. The van der Waals surface area contributed by atoms with Crippen LogP contribution < -0.4 is 0 Å². The topological polar surface area (TPSA) is 59.1 Å². The van der Waals surface area contributed by atoms with E-state index in [1.54, 1.807) is 12.1 Å². The number of aryl methyl sites for hydroxylation is 1. The van der Waals surface area contributed by atoms with Crippen LogP contribution in [0.4, 0.5) is 8.78 Å². The molecule has 0 saturated carbocycles. The fourth-order valence-electron chi connectivity index (χ4n) is 1.47. The molecule has 0 unspecified atom stereocenters. The van der Waals surface area contributed by atoms with Crippen LogP contribution in [0.2, 0.25) is 0 Å². The standard InChI is InChI=1S/C11H12F2N4OS2/c1-2-9-15-16-11(19)17(9)14-5-7-3-4-8(18-7)6-20-10(12)13/h3-5,10H,2,6H2,1H3,(H,16,19)/b14-5-. The molecular weight excluding hydrogens is 306 g/mol. The van der Waals surface area contributed by atoms with Crippen molar-refractivity contribution in [3.8, 4) is 0 Å². The van der Waals surface area contributed by atoms with Gasteiger partial charge in [-0.05, 0) is 24.4 Å². The first-order chi connectivity index (χ1) is 9.60. The smallest absolute Gasteiger partial charge is 0.284 e. The average Bonchev–Trinajstić information content (AvgIpc) is 3.00. The molecule has 0 saturated heterocycles. The number of hydrogen-bond acceptors (Lipinski definition) is 5. The Morgan fingerprint density at radius 2 is 2.40 bits per heavy atom. The number of furan rings is 1. The van der Waals surface area contributed by atoms with Crippen LogP contribution in [0.25, 0.3) is 0 Å². The lowest BCUT2D eigenvalue weighted by Crippen LogP contribution is -1.96. The Labute approximate surface area is 123 Å². The molecular formula is C11H12F2N4OS2. The minimum atomic E-state index is -2.41. The molecule has 0 atom stereocenters. The van der Waals surface area contributed by atoms with Gasteiger partial charge in [0.1, 0.15) is 11.5 Å². The Morgan fingerprint density at radius 1 is 1.60 bits per heavy atom. The van der Waals surface area contributed by atoms with Crippen LogP contribution in [-0.2, 0) is 12.2 Å². The Morgan fingerprint density at radius 3 is 3.10 bits per heavy atom. The molecule has 0 spiro atoms. The van der Waals surface area contributed by atoms with Crippen molar-refractivity contribution >= 4 is 30.2 Å². The zero-order valence-electron chi connectivity index (χ0n) is 10.5. The first kappa shape index (κ1) is 14.9. The van der Waals surface area contributed by atoms with E-state index in [0.29, 0.717) is 40.3 Å². The zero-order valence-corrected chi connectivity index (χ0v) is 12.2. The first-order valence-corrected chi connectivity index (χ1v) is 7.25. The Kier molecular flexibility index (Phi) is 5.07. The molecule has 1 N–H and O–H groups in total. The summed E-state index contributed by atoms with van der Waals surface area (Å²) in [5, 5.41) is 10.8. The number of nitrogens with zero attached hydrogens (tertiary/aromatic N) is 3. The third-order valence-electron chi connectivity index (χ3n) is 2.37. The van der Waals surface area contributed by atoms with Gasteiger partial charge in [0, 0.05) is 6.42 Å². The molecule has 2 heterocycles. The van der Waals surface area contributed by atoms with Crippen molar-refractivity contribution in [3.63, 3.8) is 0 Å². The molecule has 0 fully saturated rings. The molecule has 2 aromatic rings. The number of rotatable bonds is 6. The van der Waals surface area contributed by atoms with Gasteiger partial charge in [-0.1, -0.05) is 18.7 Å². The molecule has 2 aromatic heterocycles. The van der Waals surface area contributed by atoms with Crippen LogP contribution in [-0.4, -0.2) is 26.8 Å². The maximum atomic E-state index is 12.1. The maximum Gasteiger partial charge on any atom is 0.284 e. The third kappa shape index (κ3) is 3.76. The summed E-state index contributed by atoms with van der Waals surface area (Å²) in [4.78, 5) is 0. The number of hydrogen-bond donors (Lipinski definition) is 1. The lowest BCUT2D eigenvalue weighted by molar-refractivity contribution is 0.251. The van der Waals surface area contributed by atoms with Gasteiger partial charge in [0.15, 0.2) is 5.82 Å². The molecule has 20 heavy (non-hydrogen) atoms. The second kappa shape index (κ2) is 6.80. The zero-order chi connectivity index (χ0) is 14.5. The Bertz CT molecular complexity index is 647. The van der Waals surface area contributed by atoms with E-state index in [2.05, 4.69) is 15.3 Å². The molecule has 0 aliphatic heterocycles. The highest BCUT2D eigenvalue weighted by molar-refractivity contribution is 7.98. The van der Waals surface area contributed by atoms with E-state index in [-0.39, 0.29) is 5.75 Å². The molecule has 0 aromatic carbocycles. The summed E-state index contributed by atoms with van der Waals surface area (Å²) in [7, 11) is 0. The molecule has 0 radical (unpaired) electrons. The van der Waals surface area contributed by atoms with E-state index in [9.17, 15) is 8.78 Å². The van der Waals surface area contributed by atoms with Crippen LogP contribution >= 0.6 is 24.0 Å². The van der Waals surface area contributed by atoms with Crippen molar-refractivity contribution in [2.45, 2.75) is 24.9 Å². The quantitative estimate of drug-likeness (QED) is 0.655. The number of thioether (sulfide) groups is 1. The van der Waals surface area contributed by atoms with E-state index in [1.807, 2.05) is 6.92 Å². The number of nitrogens with one attached hydrogen (secondary N) is 1. The maximum absolute atomic E-state index is 12.1. The van der Waals surface area contributed by atoms with Crippen molar-refractivity contribution in [3.05, 3.63) is 34.2 Å². The molecule has 5 nitrogen and oxygen atoms in total. The highest BCUT2D eigenvalue weighted by Crippen LogP contribution is 2.20. The monoisotopic (exact) mass is 318 g/mol. The highest BCUT2D eigenvalue weighted by Gasteiger charge is 2.07. The van der Waals surface area contributed by atoms with E-state index in [4.69, 9.17) is 16.6 Å². The van der Waals surface area contributed by atoms with Crippen LogP contribution in [0, 0.1) is 4.77 Å². The number of aromatic amines is 1. The van der Waals surface area contributed by atoms with E-state index in [0.717, 1.165) is 0 Å². The second-order valence-electron chi connectivity index (χ2n) is 3.73. The number of alkyl halides is 2. The molecule has 0 aliphatic carbocycles. The third-order valence-corrected chi connectivity index (χ3v) is 3.34. The Balaban J connectivity index is 2.08. The fourth-order valence-corrected chi connectivity index (χ4v) is 2.12. The molecule has 0 aliphatic rings. The first-order valence-electron chi connectivity index (χ1n) is 5.79. The molecule has 9 heteroatoms. The summed E-state index contributed by atoms with van der Waals surface area (Å²) in [6, 6.07) is 3.31. The summed E-state index contributed by atoms with van der Waals surface area (Å²) < 4.78 is 31.4. The van der Waals surface area contributed by atoms with Gasteiger partial charge < -0.3 is 4.42 Å². The van der Waals surface area contributed by atoms with Crippen LogP contribution in [0.5, 0.6) is 0 Å². The second-order valence-corrected chi connectivity index (χ2v) is 5.10. The summed E-state index contributed by atoms with van der Waals surface area (Å²) in [5.74, 6) is -0.639. The number of halogens is 2. The van der Waals surface area contributed by atoms with Crippen molar-refractivity contribution in [2.24, 2.45) is 5.10 Å². The van der Waals surface area contributed by atoms with Crippen LogP contribution in [0.15, 0.2) is 21.7 Å². The average molecular weight is 318 g/mol.